The molecule has 1 aromatic rings. The van der Waals surface area contributed by atoms with E-state index in [-0.39, 0.29) is 0 Å². The molecule has 5 heteroatoms. The summed E-state index contributed by atoms with van der Waals surface area (Å²) in [6, 6.07) is 4.33. The van der Waals surface area contributed by atoms with Crippen molar-refractivity contribution in [3.63, 3.8) is 0 Å². The van der Waals surface area contributed by atoms with E-state index in [1.165, 1.54) is 23.5 Å². The molecule has 2 rings (SSSR count). The molecule has 0 bridgehead atoms. The predicted octanol–water partition coefficient (Wildman–Crippen LogP) is 5.09. The third kappa shape index (κ3) is 2.92. The number of methoxy groups -OCH3 is 1. The van der Waals surface area contributed by atoms with Gasteiger partial charge in [-0.2, -0.15) is 0 Å². The Kier molecular flexibility index (Phi) is 4.94. The van der Waals surface area contributed by atoms with E-state index in [1.54, 1.807) is 7.11 Å². The molecule has 0 saturated carbocycles. The van der Waals surface area contributed by atoms with Crippen LogP contribution >= 0.6 is 55.4 Å². The summed E-state index contributed by atoms with van der Waals surface area (Å²) in [6.07, 6.45) is 1.32. The van der Waals surface area contributed by atoms with Gasteiger partial charge in [-0.25, -0.2) is 0 Å². The summed E-state index contributed by atoms with van der Waals surface area (Å²) in [7, 11) is 1.69. The molecular formula is C11H12Br2OS2. The largest absolute Gasteiger partial charge is 0.494 e. The fourth-order valence-electron chi connectivity index (χ4n) is 1.59. The van der Waals surface area contributed by atoms with Crippen LogP contribution in [0.1, 0.15) is 16.6 Å². The van der Waals surface area contributed by atoms with Crippen LogP contribution in [0.3, 0.4) is 0 Å². The van der Waals surface area contributed by atoms with E-state index in [0.29, 0.717) is 4.58 Å². The average Bonchev–Trinajstić information content (AvgIpc) is 2.30. The van der Waals surface area contributed by atoms with E-state index in [4.69, 9.17) is 4.74 Å². The van der Waals surface area contributed by atoms with E-state index < -0.39 is 0 Å². The van der Waals surface area contributed by atoms with Crippen LogP contribution in [0.2, 0.25) is 0 Å². The number of hydrogen-bond acceptors (Lipinski definition) is 3. The zero-order chi connectivity index (χ0) is 11.5. The number of halogens is 2. The van der Waals surface area contributed by atoms with E-state index in [1.807, 2.05) is 23.5 Å². The smallest absolute Gasteiger partial charge is 0.147 e. The Morgan fingerprint density at radius 3 is 2.25 bits per heavy atom. The summed E-state index contributed by atoms with van der Waals surface area (Å²) in [4.78, 5) is 0. The van der Waals surface area contributed by atoms with Crippen LogP contribution in [0.5, 0.6) is 5.75 Å². The van der Waals surface area contributed by atoms with Gasteiger partial charge in [0.1, 0.15) is 5.75 Å². The normalized spacial score (nSPS) is 17.4. The third-order valence-electron chi connectivity index (χ3n) is 2.32. The number of hydrogen-bond donors (Lipinski definition) is 0. The molecular weight excluding hydrogens is 372 g/mol. The van der Waals surface area contributed by atoms with Gasteiger partial charge in [-0.05, 0) is 67.5 Å². The molecule has 1 nitrogen and oxygen atoms in total. The van der Waals surface area contributed by atoms with Gasteiger partial charge in [-0.3, -0.25) is 0 Å². The SMILES string of the molecule is COc1c(Br)cc(C2SCCCS2)cc1Br. The second kappa shape index (κ2) is 6.03. The number of thioether (sulfide) groups is 2. The van der Waals surface area contributed by atoms with Crippen molar-refractivity contribution < 1.29 is 4.74 Å². The molecule has 1 heterocycles. The maximum atomic E-state index is 5.31. The van der Waals surface area contributed by atoms with Gasteiger partial charge in [0.25, 0.3) is 0 Å². The van der Waals surface area contributed by atoms with Crippen molar-refractivity contribution >= 4 is 55.4 Å². The predicted molar refractivity (Wildman–Crippen MR) is 80.7 cm³/mol. The molecule has 1 aliphatic rings. The van der Waals surface area contributed by atoms with Gasteiger partial charge in [0.2, 0.25) is 0 Å². The summed E-state index contributed by atoms with van der Waals surface area (Å²) in [5, 5.41) is 0. The lowest BCUT2D eigenvalue weighted by atomic mass is 10.2. The van der Waals surface area contributed by atoms with Crippen LogP contribution in [0.15, 0.2) is 21.1 Å². The molecule has 0 aliphatic carbocycles. The minimum Gasteiger partial charge on any atom is -0.494 e. The van der Waals surface area contributed by atoms with Crippen molar-refractivity contribution in [2.24, 2.45) is 0 Å². The number of benzene rings is 1. The molecule has 1 aliphatic heterocycles. The minimum atomic E-state index is 0.562. The molecule has 0 spiro atoms. The molecule has 0 atom stereocenters. The molecule has 0 aromatic heterocycles. The fourth-order valence-corrected chi connectivity index (χ4v) is 5.99. The minimum absolute atomic E-state index is 0.562. The Hall–Kier alpha value is 0.680. The monoisotopic (exact) mass is 382 g/mol. The van der Waals surface area contributed by atoms with Gasteiger partial charge in [-0.15, -0.1) is 23.5 Å². The summed E-state index contributed by atoms with van der Waals surface area (Å²) in [5.74, 6) is 3.40. The Morgan fingerprint density at radius 2 is 1.75 bits per heavy atom. The van der Waals surface area contributed by atoms with Gasteiger partial charge < -0.3 is 4.74 Å². The third-order valence-corrected chi connectivity index (χ3v) is 6.52. The summed E-state index contributed by atoms with van der Waals surface area (Å²) < 4.78 is 7.91. The van der Waals surface area contributed by atoms with E-state index in [9.17, 15) is 0 Å². The first-order valence-corrected chi connectivity index (χ1v) is 8.67. The first-order chi connectivity index (χ1) is 7.72. The fraction of sp³-hybridized carbons (Fsp3) is 0.455. The van der Waals surface area contributed by atoms with Crippen LogP contribution in [0.25, 0.3) is 0 Å². The number of rotatable bonds is 2. The van der Waals surface area contributed by atoms with Crippen molar-refractivity contribution in [1.29, 1.82) is 0 Å². The molecule has 0 N–H and O–H groups in total. The van der Waals surface area contributed by atoms with Gasteiger partial charge in [-0.1, -0.05) is 0 Å². The quantitative estimate of drug-likeness (QED) is 0.703. The molecule has 1 aromatic carbocycles. The summed E-state index contributed by atoms with van der Waals surface area (Å²) in [6.45, 7) is 0. The van der Waals surface area contributed by atoms with Crippen LogP contribution in [0, 0.1) is 0 Å². The second-order valence-corrected chi connectivity index (χ2v) is 7.88. The van der Waals surface area contributed by atoms with Crippen LogP contribution in [-0.4, -0.2) is 18.6 Å². The lowest BCUT2D eigenvalue weighted by Crippen LogP contribution is -2.00. The zero-order valence-electron chi connectivity index (χ0n) is 8.83. The Morgan fingerprint density at radius 1 is 1.19 bits per heavy atom. The van der Waals surface area contributed by atoms with Crippen molar-refractivity contribution in [3.05, 3.63) is 26.6 Å². The number of ether oxygens (including phenoxy) is 1. The standard InChI is InChI=1S/C11H12Br2OS2/c1-14-10-8(12)5-7(6-9(10)13)11-15-3-2-4-16-11/h5-6,11H,2-4H2,1H3. The van der Waals surface area contributed by atoms with Gasteiger partial charge in [0.15, 0.2) is 0 Å². The zero-order valence-corrected chi connectivity index (χ0v) is 13.6. The lowest BCUT2D eigenvalue weighted by molar-refractivity contribution is 0.409. The molecule has 88 valence electrons. The first kappa shape index (κ1) is 13.1. The van der Waals surface area contributed by atoms with Crippen molar-refractivity contribution in [1.82, 2.24) is 0 Å². The molecule has 0 unspecified atom stereocenters. The van der Waals surface area contributed by atoms with Gasteiger partial charge >= 0.3 is 0 Å². The van der Waals surface area contributed by atoms with Crippen LogP contribution < -0.4 is 4.74 Å². The van der Waals surface area contributed by atoms with E-state index in [0.717, 1.165) is 14.7 Å². The topological polar surface area (TPSA) is 9.23 Å². The Balaban J connectivity index is 2.28. The highest BCUT2D eigenvalue weighted by Gasteiger charge is 2.19. The maximum absolute atomic E-state index is 5.31. The van der Waals surface area contributed by atoms with Gasteiger partial charge in [0, 0.05) is 0 Å². The summed E-state index contributed by atoms with van der Waals surface area (Å²) >= 11 is 11.2. The average molecular weight is 384 g/mol. The first-order valence-electron chi connectivity index (χ1n) is 4.98. The molecule has 0 radical (unpaired) electrons. The van der Waals surface area contributed by atoms with E-state index >= 15 is 0 Å². The van der Waals surface area contributed by atoms with Crippen molar-refractivity contribution in [3.8, 4) is 5.75 Å². The molecule has 1 fully saturated rings. The Bertz CT molecular complexity index is 355. The highest BCUT2D eigenvalue weighted by molar-refractivity contribution is 9.11. The van der Waals surface area contributed by atoms with Crippen LogP contribution in [-0.2, 0) is 0 Å². The second-order valence-electron chi connectivity index (χ2n) is 3.44. The highest BCUT2D eigenvalue weighted by atomic mass is 79.9. The van der Waals surface area contributed by atoms with Crippen molar-refractivity contribution in [2.75, 3.05) is 18.6 Å². The summed E-state index contributed by atoms with van der Waals surface area (Å²) in [5.41, 5.74) is 1.36. The maximum Gasteiger partial charge on any atom is 0.147 e. The molecule has 1 saturated heterocycles. The lowest BCUT2D eigenvalue weighted by Gasteiger charge is -2.22. The Labute approximate surface area is 121 Å². The van der Waals surface area contributed by atoms with Crippen LogP contribution in [0.4, 0.5) is 0 Å². The van der Waals surface area contributed by atoms with Crippen molar-refractivity contribution in [2.45, 2.75) is 11.0 Å². The molecule has 16 heavy (non-hydrogen) atoms. The highest BCUT2D eigenvalue weighted by Crippen LogP contribution is 2.46. The molecule has 0 amide bonds. The van der Waals surface area contributed by atoms with E-state index in [2.05, 4.69) is 44.0 Å². The van der Waals surface area contributed by atoms with Gasteiger partial charge in [0.05, 0.1) is 20.6 Å².